The molecular formula is C16H19N3O. The minimum absolute atomic E-state index is 0.0448. The molecule has 0 bridgehead atoms. The van der Waals surface area contributed by atoms with Gasteiger partial charge in [-0.2, -0.15) is 0 Å². The molecule has 2 unspecified atom stereocenters. The van der Waals surface area contributed by atoms with Crippen molar-refractivity contribution in [2.24, 2.45) is 11.7 Å². The summed E-state index contributed by atoms with van der Waals surface area (Å²) in [5, 5.41) is 4.04. The lowest BCUT2D eigenvalue weighted by molar-refractivity contribution is -0.120. The lowest BCUT2D eigenvalue weighted by Crippen LogP contribution is -2.34. The number of nitrogens with zero attached hydrogens (tertiary/aromatic N) is 1. The average molecular weight is 269 g/mol. The van der Waals surface area contributed by atoms with E-state index in [4.69, 9.17) is 5.73 Å². The molecule has 1 aromatic carbocycles. The predicted molar refractivity (Wildman–Crippen MR) is 80.3 cm³/mol. The van der Waals surface area contributed by atoms with Gasteiger partial charge in [-0.3, -0.25) is 9.78 Å². The zero-order valence-corrected chi connectivity index (χ0v) is 11.4. The number of pyridine rings is 1. The molecule has 1 saturated carbocycles. The fourth-order valence-electron chi connectivity index (χ4n) is 2.86. The Balaban J connectivity index is 1.73. The number of rotatable bonds is 2. The topological polar surface area (TPSA) is 68.0 Å². The number of hydrogen-bond donors (Lipinski definition) is 2. The second kappa shape index (κ2) is 5.59. The summed E-state index contributed by atoms with van der Waals surface area (Å²) in [5.74, 6) is 0.131. The standard InChI is InChI=1S/C16H19N3O/c17-13-5-1-3-12(9-13)16(20)19-14-6-7-15-11(10-14)4-2-8-18-15/h2,4,6-8,10,12-13H,1,3,5,9,17H2,(H,19,20). The summed E-state index contributed by atoms with van der Waals surface area (Å²) in [6.45, 7) is 0. The van der Waals surface area contributed by atoms with Crippen molar-refractivity contribution in [2.75, 3.05) is 5.32 Å². The zero-order valence-electron chi connectivity index (χ0n) is 11.4. The lowest BCUT2D eigenvalue weighted by Gasteiger charge is -2.25. The molecule has 1 fully saturated rings. The molecule has 1 amide bonds. The number of fused-ring (bicyclic) bond motifs is 1. The van der Waals surface area contributed by atoms with Gasteiger partial charge in [-0.1, -0.05) is 12.5 Å². The van der Waals surface area contributed by atoms with E-state index in [1.54, 1.807) is 6.20 Å². The third kappa shape index (κ3) is 2.80. The Morgan fingerprint density at radius 2 is 2.20 bits per heavy atom. The first-order valence-electron chi connectivity index (χ1n) is 7.13. The van der Waals surface area contributed by atoms with E-state index in [-0.39, 0.29) is 17.9 Å². The quantitative estimate of drug-likeness (QED) is 0.880. The van der Waals surface area contributed by atoms with Crippen LogP contribution in [-0.2, 0) is 4.79 Å². The van der Waals surface area contributed by atoms with Crippen molar-refractivity contribution in [3.05, 3.63) is 36.5 Å². The van der Waals surface area contributed by atoms with Crippen LogP contribution in [0.3, 0.4) is 0 Å². The molecule has 3 N–H and O–H groups in total. The molecule has 0 spiro atoms. The van der Waals surface area contributed by atoms with Crippen molar-refractivity contribution in [2.45, 2.75) is 31.7 Å². The molecule has 1 heterocycles. The van der Waals surface area contributed by atoms with Crippen LogP contribution in [0.25, 0.3) is 10.9 Å². The maximum absolute atomic E-state index is 12.3. The number of benzene rings is 1. The minimum atomic E-state index is 0.0448. The van der Waals surface area contributed by atoms with E-state index < -0.39 is 0 Å². The maximum atomic E-state index is 12.3. The summed E-state index contributed by atoms with van der Waals surface area (Å²) in [6.07, 6.45) is 5.58. The second-order valence-corrected chi connectivity index (χ2v) is 5.52. The third-order valence-electron chi connectivity index (χ3n) is 3.96. The molecule has 2 aromatic rings. The van der Waals surface area contributed by atoms with Crippen LogP contribution in [0.5, 0.6) is 0 Å². The SMILES string of the molecule is NC1CCCC(C(=O)Nc2ccc3ncccc3c2)C1. The highest BCUT2D eigenvalue weighted by molar-refractivity contribution is 5.95. The summed E-state index contributed by atoms with van der Waals surface area (Å²) >= 11 is 0. The monoisotopic (exact) mass is 269 g/mol. The van der Waals surface area contributed by atoms with Gasteiger partial charge in [0, 0.05) is 29.2 Å². The number of amides is 1. The Kier molecular flexibility index (Phi) is 3.65. The molecule has 4 nitrogen and oxygen atoms in total. The van der Waals surface area contributed by atoms with E-state index in [1.165, 1.54) is 0 Å². The van der Waals surface area contributed by atoms with Crippen LogP contribution in [0.15, 0.2) is 36.5 Å². The second-order valence-electron chi connectivity index (χ2n) is 5.52. The first-order chi connectivity index (χ1) is 9.72. The number of carbonyl (C=O) groups is 1. The van der Waals surface area contributed by atoms with E-state index in [1.807, 2.05) is 30.3 Å². The van der Waals surface area contributed by atoms with Crippen molar-refractivity contribution in [3.63, 3.8) is 0 Å². The molecule has 0 saturated heterocycles. The van der Waals surface area contributed by atoms with E-state index in [9.17, 15) is 4.79 Å². The fraction of sp³-hybridized carbons (Fsp3) is 0.375. The maximum Gasteiger partial charge on any atom is 0.227 e. The first kappa shape index (κ1) is 13.1. The van der Waals surface area contributed by atoms with Crippen molar-refractivity contribution >= 4 is 22.5 Å². The van der Waals surface area contributed by atoms with Gasteiger partial charge < -0.3 is 11.1 Å². The molecule has 1 aromatic heterocycles. The van der Waals surface area contributed by atoms with E-state index in [0.717, 1.165) is 42.3 Å². The van der Waals surface area contributed by atoms with E-state index in [0.29, 0.717) is 0 Å². The summed E-state index contributed by atoms with van der Waals surface area (Å²) in [7, 11) is 0. The van der Waals surface area contributed by atoms with Crippen LogP contribution in [0.2, 0.25) is 0 Å². The van der Waals surface area contributed by atoms with Crippen molar-refractivity contribution in [1.29, 1.82) is 0 Å². The van der Waals surface area contributed by atoms with Crippen LogP contribution in [0.1, 0.15) is 25.7 Å². The van der Waals surface area contributed by atoms with Crippen molar-refractivity contribution < 1.29 is 4.79 Å². The summed E-state index contributed by atoms with van der Waals surface area (Å²) < 4.78 is 0. The van der Waals surface area contributed by atoms with Crippen LogP contribution >= 0.6 is 0 Å². The summed E-state index contributed by atoms with van der Waals surface area (Å²) in [5.41, 5.74) is 7.71. The zero-order chi connectivity index (χ0) is 13.9. The van der Waals surface area contributed by atoms with Crippen LogP contribution in [0.4, 0.5) is 5.69 Å². The van der Waals surface area contributed by atoms with Gasteiger partial charge in [0.15, 0.2) is 0 Å². The van der Waals surface area contributed by atoms with Crippen molar-refractivity contribution in [3.8, 4) is 0 Å². The van der Waals surface area contributed by atoms with E-state index in [2.05, 4.69) is 10.3 Å². The Bertz CT molecular complexity index is 626. The Labute approximate surface area is 118 Å². The molecule has 4 heteroatoms. The fourth-order valence-corrected chi connectivity index (χ4v) is 2.86. The van der Waals surface area contributed by atoms with Gasteiger partial charge in [-0.05, 0) is 43.5 Å². The molecule has 0 radical (unpaired) electrons. The largest absolute Gasteiger partial charge is 0.328 e. The van der Waals surface area contributed by atoms with Crippen molar-refractivity contribution in [1.82, 2.24) is 4.98 Å². The summed E-state index contributed by atoms with van der Waals surface area (Å²) in [4.78, 5) is 16.5. The number of nitrogens with two attached hydrogens (primary N) is 1. The molecule has 104 valence electrons. The highest BCUT2D eigenvalue weighted by atomic mass is 16.1. The Morgan fingerprint density at radius 1 is 1.30 bits per heavy atom. The highest BCUT2D eigenvalue weighted by Crippen LogP contribution is 2.25. The normalized spacial score (nSPS) is 22.6. The smallest absolute Gasteiger partial charge is 0.227 e. The number of hydrogen-bond acceptors (Lipinski definition) is 3. The van der Waals surface area contributed by atoms with Crippen LogP contribution in [0, 0.1) is 5.92 Å². The highest BCUT2D eigenvalue weighted by Gasteiger charge is 2.25. The van der Waals surface area contributed by atoms with Crippen LogP contribution < -0.4 is 11.1 Å². The first-order valence-corrected chi connectivity index (χ1v) is 7.13. The number of carbonyl (C=O) groups excluding carboxylic acids is 1. The molecule has 3 rings (SSSR count). The molecule has 0 aliphatic heterocycles. The molecule has 1 aliphatic carbocycles. The Morgan fingerprint density at radius 3 is 3.05 bits per heavy atom. The van der Waals surface area contributed by atoms with E-state index >= 15 is 0 Å². The van der Waals surface area contributed by atoms with Gasteiger partial charge in [-0.15, -0.1) is 0 Å². The molecular weight excluding hydrogens is 250 g/mol. The number of aromatic nitrogens is 1. The van der Waals surface area contributed by atoms with Gasteiger partial charge in [0.2, 0.25) is 5.91 Å². The van der Waals surface area contributed by atoms with Gasteiger partial charge in [0.1, 0.15) is 0 Å². The van der Waals surface area contributed by atoms with Crippen LogP contribution in [-0.4, -0.2) is 16.9 Å². The minimum Gasteiger partial charge on any atom is -0.328 e. The predicted octanol–water partition coefficient (Wildman–Crippen LogP) is 2.69. The third-order valence-corrected chi connectivity index (χ3v) is 3.96. The summed E-state index contributed by atoms with van der Waals surface area (Å²) in [6, 6.07) is 9.85. The Hall–Kier alpha value is -1.94. The number of anilines is 1. The van der Waals surface area contributed by atoms with Gasteiger partial charge in [0.25, 0.3) is 0 Å². The van der Waals surface area contributed by atoms with Gasteiger partial charge >= 0.3 is 0 Å². The molecule has 1 aliphatic rings. The van der Waals surface area contributed by atoms with Gasteiger partial charge in [0.05, 0.1) is 5.52 Å². The molecule has 2 atom stereocenters. The lowest BCUT2D eigenvalue weighted by atomic mass is 9.85. The number of nitrogens with one attached hydrogen (secondary N) is 1. The van der Waals surface area contributed by atoms with Gasteiger partial charge in [-0.25, -0.2) is 0 Å². The average Bonchev–Trinajstić information content (AvgIpc) is 2.47. The molecule has 20 heavy (non-hydrogen) atoms.